The third kappa shape index (κ3) is 5.15. The van der Waals surface area contributed by atoms with Crippen LogP contribution in [0, 0.1) is 5.92 Å². The first-order valence-electron chi connectivity index (χ1n) is 9.20. The monoisotopic (exact) mass is 434 g/mol. The SMILES string of the molecule is O=C(NC1CCC(O)CC1)[C@H]1CCCN(S(=O)(=O)c2cc(Cl)cc(Cl)c2)C1. The highest BCUT2D eigenvalue weighted by atomic mass is 35.5. The molecule has 9 heteroatoms. The number of hydrogen-bond donors (Lipinski definition) is 2. The lowest BCUT2D eigenvalue weighted by Gasteiger charge is -2.33. The van der Waals surface area contributed by atoms with E-state index in [1.54, 1.807) is 0 Å². The van der Waals surface area contributed by atoms with Crippen LogP contribution >= 0.6 is 23.2 Å². The minimum atomic E-state index is -3.76. The lowest BCUT2D eigenvalue weighted by atomic mass is 9.92. The van der Waals surface area contributed by atoms with Gasteiger partial charge in [-0.25, -0.2) is 8.42 Å². The largest absolute Gasteiger partial charge is 0.393 e. The van der Waals surface area contributed by atoms with Gasteiger partial charge in [-0.3, -0.25) is 4.79 Å². The molecule has 3 rings (SSSR count). The highest BCUT2D eigenvalue weighted by Crippen LogP contribution is 2.28. The summed E-state index contributed by atoms with van der Waals surface area (Å²) in [5.41, 5.74) is 0. The highest BCUT2D eigenvalue weighted by Gasteiger charge is 2.34. The number of aliphatic hydroxyl groups excluding tert-OH is 1. The Labute approximate surface area is 169 Å². The molecular formula is C18H24Cl2N2O4S. The van der Waals surface area contributed by atoms with Crippen LogP contribution in [0.4, 0.5) is 0 Å². The van der Waals surface area contributed by atoms with E-state index in [1.165, 1.54) is 22.5 Å². The normalized spacial score (nSPS) is 27.3. The topological polar surface area (TPSA) is 86.7 Å². The van der Waals surface area contributed by atoms with Crippen molar-refractivity contribution < 1.29 is 18.3 Å². The second-order valence-corrected chi connectivity index (χ2v) is 10.1. The van der Waals surface area contributed by atoms with Crippen molar-refractivity contribution in [1.82, 2.24) is 9.62 Å². The Hall–Kier alpha value is -0.860. The lowest BCUT2D eigenvalue weighted by Crippen LogP contribution is -2.48. The molecule has 2 aliphatic rings. The van der Waals surface area contributed by atoms with E-state index in [0.29, 0.717) is 32.2 Å². The van der Waals surface area contributed by atoms with Crippen molar-refractivity contribution >= 4 is 39.1 Å². The number of amides is 1. The van der Waals surface area contributed by atoms with Crippen molar-refractivity contribution in [2.24, 2.45) is 5.92 Å². The molecule has 0 radical (unpaired) electrons. The molecule has 1 atom stereocenters. The van der Waals surface area contributed by atoms with Gasteiger partial charge in [-0.2, -0.15) is 4.31 Å². The van der Waals surface area contributed by atoms with Gasteiger partial charge in [-0.05, 0) is 56.7 Å². The van der Waals surface area contributed by atoms with E-state index in [0.717, 1.165) is 12.8 Å². The summed E-state index contributed by atoms with van der Waals surface area (Å²) in [6.07, 6.45) is 3.87. The molecule has 1 aromatic carbocycles. The van der Waals surface area contributed by atoms with Crippen molar-refractivity contribution in [3.63, 3.8) is 0 Å². The lowest BCUT2D eigenvalue weighted by molar-refractivity contribution is -0.127. The Kier molecular flexibility index (Phi) is 6.69. The molecule has 1 heterocycles. The maximum atomic E-state index is 12.9. The first-order valence-corrected chi connectivity index (χ1v) is 11.4. The smallest absolute Gasteiger partial charge is 0.243 e. The first kappa shape index (κ1) is 20.9. The summed E-state index contributed by atoms with van der Waals surface area (Å²) in [6, 6.07) is 4.29. The van der Waals surface area contributed by atoms with Crippen LogP contribution in [0.5, 0.6) is 0 Å². The highest BCUT2D eigenvalue weighted by molar-refractivity contribution is 7.89. The number of rotatable bonds is 4. The number of benzene rings is 1. The van der Waals surface area contributed by atoms with Gasteiger partial charge in [0, 0.05) is 29.2 Å². The molecule has 1 saturated heterocycles. The number of carbonyl (C=O) groups excluding carboxylic acids is 1. The Balaban J connectivity index is 1.67. The fraction of sp³-hybridized carbons (Fsp3) is 0.611. The van der Waals surface area contributed by atoms with E-state index in [-0.39, 0.29) is 45.5 Å². The second kappa shape index (κ2) is 8.66. The second-order valence-electron chi connectivity index (χ2n) is 7.32. The van der Waals surface area contributed by atoms with Gasteiger partial charge in [0.15, 0.2) is 0 Å². The zero-order chi connectivity index (χ0) is 19.6. The van der Waals surface area contributed by atoms with Crippen molar-refractivity contribution in [1.29, 1.82) is 0 Å². The molecule has 1 saturated carbocycles. The minimum absolute atomic E-state index is 0.0438. The van der Waals surface area contributed by atoms with E-state index in [2.05, 4.69) is 5.32 Å². The van der Waals surface area contributed by atoms with Gasteiger partial charge < -0.3 is 10.4 Å². The third-order valence-corrected chi connectivity index (χ3v) is 7.55. The minimum Gasteiger partial charge on any atom is -0.393 e. The Morgan fingerprint density at radius 3 is 2.33 bits per heavy atom. The van der Waals surface area contributed by atoms with Crippen molar-refractivity contribution in [2.45, 2.75) is 55.6 Å². The van der Waals surface area contributed by atoms with Gasteiger partial charge in [0.2, 0.25) is 15.9 Å². The van der Waals surface area contributed by atoms with Gasteiger partial charge in [-0.1, -0.05) is 23.2 Å². The number of halogens is 2. The molecule has 150 valence electrons. The van der Waals surface area contributed by atoms with E-state index in [9.17, 15) is 18.3 Å². The molecular weight excluding hydrogens is 411 g/mol. The van der Waals surface area contributed by atoms with E-state index in [1.807, 2.05) is 0 Å². The van der Waals surface area contributed by atoms with Crippen LogP contribution in [-0.4, -0.2) is 49.0 Å². The number of aliphatic hydroxyl groups is 1. The van der Waals surface area contributed by atoms with E-state index >= 15 is 0 Å². The summed E-state index contributed by atoms with van der Waals surface area (Å²) in [4.78, 5) is 12.7. The van der Waals surface area contributed by atoms with Crippen molar-refractivity contribution in [2.75, 3.05) is 13.1 Å². The number of piperidine rings is 1. The fourth-order valence-corrected chi connectivity index (χ4v) is 5.99. The third-order valence-electron chi connectivity index (χ3n) is 5.27. The molecule has 0 bridgehead atoms. The predicted molar refractivity (Wildman–Crippen MR) is 104 cm³/mol. The quantitative estimate of drug-likeness (QED) is 0.762. The molecule has 1 aliphatic carbocycles. The average molecular weight is 435 g/mol. The molecule has 27 heavy (non-hydrogen) atoms. The Morgan fingerprint density at radius 1 is 1.07 bits per heavy atom. The molecule has 1 aromatic rings. The van der Waals surface area contributed by atoms with Crippen LogP contribution in [-0.2, 0) is 14.8 Å². The van der Waals surface area contributed by atoms with Crippen LogP contribution in [0.2, 0.25) is 10.0 Å². The molecule has 0 spiro atoms. The molecule has 1 aliphatic heterocycles. The first-order chi connectivity index (χ1) is 12.8. The summed E-state index contributed by atoms with van der Waals surface area (Å²) in [5, 5.41) is 13.1. The van der Waals surface area contributed by atoms with E-state index in [4.69, 9.17) is 23.2 Å². The van der Waals surface area contributed by atoms with Crippen LogP contribution in [0.1, 0.15) is 38.5 Å². The summed E-state index contributed by atoms with van der Waals surface area (Å²) in [6.45, 7) is 0.513. The van der Waals surface area contributed by atoms with Crippen LogP contribution in [0.3, 0.4) is 0 Å². The van der Waals surface area contributed by atoms with Crippen LogP contribution in [0.25, 0.3) is 0 Å². The summed E-state index contributed by atoms with van der Waals surface area (Å²) < 4.78 is 27.2. The zero-order valence-corrected chi connectivity index (χ0v) is 17.2. The number of nitrogens with one attached hydrogen (secondary N) is 1. The fourth-order valence-electron chi connectivity index (χ4n) is 3.74. The Morgan fingerprint density at radius 2 is 1.70 bits per heavy atom. The van der Waals surface area contributed by atoms with E-state index < -0.39 is 10.0 Å². The van der Waals surface area contributed by atoms with Gasteiger partial charge in [0.25, 0.3) is 0 Å². The number of carbonyl (C=O) groups is 1. The van der Waals surface area contributed by atoms with Gasteiger partial charge >= 0.3 is 0 Å². The maximum absolute atomic E-state index is 12.9. The number of sulfonamides is 1. The average Bonchev–Trinajstić information content (AvgIpc) is 2.63. The predicted octanol–water partition coefficient (Wildman–Crippen LogP) is 2.81. The molecule has 1 amide bonds. The number of hydrogen-bond acceptors (Lipinski definition) is 4. The zero-order valence-electron chi connectivity index (χ0n) is 14.9. The Bertz CT molecular complexity index is 774. The van der Waals surface area contributed by atoms with Crippen LogP contribution in [0.15, 0.2) is 23.1 Å². The van der Waals surface area contributed by atoms with Gasteiger partial charge in [-0.15, -0.1) is 0 Å². The molecule has 2 N–H and O–H groups in total. The molecule has 0 unspecified atom stereocenters. The summed E-state index contributed by atoms with van der Waals surface area (Å²) >= 11 is 11.9. The maximum Gasteiger partial charge on any atom is 0.243 e. The summed E-state index contributed by atoms with van der Waals surface area (Å²) in [5.74, 6) is -0.490. The van der Waals surface area contributed by atoms with Crippen LogP contribution < -0.4 is 5.32 Å². The van der Waals surface area contributed by atoms with Gasteiger partial charge in [0.05, 0.1) is 16.9 Å². The standard InChI is InChI=1S/C18H24Cl2N2O4S/c19-13-8-14(20)10-17(9-13)27(25,26)22-7-1-2-12(11-22)18(24)21-15-3-5-16(23)6-4-15/h8-10,12,15-16,23H,1-7,11H2,(H,21,24)/t12-,15?,16?/m0/s1. The van der Waals surface area contributed by atoms with Crippen molar-refractivity contribution in [3.05, 3.63) is 28.2 Å². The molecule has 6 nitrogen and oxygen atoms in total. The summed E-state index contributed by atoms with van der Waals surface area (Å²) in [7, 11) is -3.76. The van der Waals surface area contributed by atoms with Gasteiger partial charge in [0.1, 0.15) is 0 Å². The molecule has 0 aromatic heterocycles. The number of nitrogens with zero attached hydrogens (tertiary/aromatic N) is 1. The van der Waals surface area contributed by atoms with Crippen molar-refractivity contribution in [3.8, 4) is 0 Å². The molecule has 2 fully saturated rings.